The first-order valence-corrected chi connectivity index (χ1v) is 17.4. The summed E-state index contributed by atoms with van der Waals surface area (Å²) < 4.78 is 6.07. The number of anilines is 1. The van der Waals surface area contributed by atoms with Crippen molar-refractivity contribution in [2.45, 2.75) is 63.6 Å². The molecule has 0 radical (unpaired) electrons. The van der Waals surface area contributed by atoms with E-state index in [1.165, 1.54) is 0 Å². The molecule has 4 aliphatic heterocycles. The highest BCUT2D eigenvalue weighted by Crippen LogP contribution is 2.26. The van der Waals surface area contributed by atoms with E-state index in [-0.39, 0.29) is 30.1 Å². The number of aryl methyl sites for hydroxylation is 1. The lowest BCUT2D eigenvalue weighted by Crippen LogP contribution is -2.56. The maximum atomic E-state index is 14.1. The number of para-hydroxylation sites is 1. The normalized spacial score (nSPS) is 20.7. The third kappa shape index (κ3) is 6.93. The summed E-state index contributed by atoms with van der Waals surface area (Å²) in [5.41, 5.74) is 4.75. The molecule has 3 fully saturated rings. The number of piperidine rings is 2. The lowest BCUT2D eigenvalue weighted by Gasteiger charge is -2.41. The number of likely N-dealkylation sites (tertiary alicyclic amines) is 1. The highest BCUT2D eigenvalue weighted by atomic mass is 16.6. The number of nitrogens with one attached hydrogen (secondary N) is 4. The number of benzene rings is 2. The minimum absolute atomic E-state index is 0.00948. The number of urea groups is 1. The molecule has 0 bridgehead atoms. The van der Waals surface area contributed by atoms with Crippen LogP contribution >= 0.6 is 0 Å². The number of nitrogens with zero attached hydrogens (tertiary/aromatic N) is 4. The number of carbonyl (C=O) groups excluding carboxylic acids is 3. The Hall–Kier alpha value is -4.36. The van der Waals surface area contributed by atoms with Crippen LogP contribution in [0.5, 0.6) is 0 Å². The molecule has 4 aliphatic rings. The number of rotatable bonds is 6. The Balaban J connectivity index is 1.01. The van der Waals surface area contributed by atoms with E-state index < -0.39 is 12.2 Å². The van der Waals surface area contributed by atoms with Crippen molar-refractivity contribution in [2.75, 3.05) is 64.2 Å². The van der Waals surface area contributed by atoms with Gasteiger partial charge in [-0.15, -0.1) is 0 Å². The Labute approximate surface area is 280 Å². The van der Waals surface area contributed by atoms with E-state index in [2.05, 4.69) is 25.5 Å². The topological polar surface area (TPSA) is 146 Å². The van der Waals surface area contributed by atoms with Gasteiger partial charge in [-0.2, -0.15) is 0 Å². The molecule has 3 saturated heterocycles. The molecular weight excluding hydrogens is 612 g/mol. The third-order valence-electron chi connectivity index (χ3n) is 10.6. The number of aromatic amines is 2. The molecule has 0 saturated carbocycles. The Morgan fingerprint density at radius 1 is 0.875 bits per heavy atom. The van der Waals surface area contributed by atoms with Crippen molar-refractivity contribution in [3.05, 3.63) is 63.6 Å². The fraction of sp³-hybridized carbons (Fsp3) is 0.543. The van der Waals surface area contributed by atoms with Crippen LogP contribution in [0, 0.1) is 6.92 Å². The molecule has 7 rings (SSSR count). The zero-order valence-corrected chi connectivity index (χ0v) is 27.6. The number of hydrogen-bond acceptors (Lipinski definition) is 7. The summed E-state index contributed by atoms with van der Waals surface area (Å²) in [6.45, 7) is 8.23. The molecule has 0 unspecified atom stereocenters. The van der Waals surface area contributed by atoms with Crippen LogP contribution in [0.15, 0.2) is 41.2 Å². The van der Waals surface area contributed by atoms with Crippen LogP contribution < -0.4 is 16.3 Å². The van der Waals surface area contributed by atoms with Crippen LogP contribution in [-0.4, -0.2) is 125 Å². The van der Waals surface area contributed by atoms with Crippen LogP contribution in [0.4, 0.5) is 15.3 Å². The number of amides is 4. The number of hydrogen-bond donors (Lipinski definition) is 4. The zero-order chi connectivity index (χ0) is 33.2. The van der Waals surface area contributed by atoms with Gasteiger partial charge in [0.1, 0.15) is 0 Å². The fourth-order valence-corrected chi connectivity index (χ4v) is 7.88. The van der Waals surface area contributed by atoms with E-state index >= 15 is 0 Å². The SMILES string of the molecule is Cc1cc(C[C@@H](OC(=O)N2CCC(N3CCc4ccccc4NC3=O)CC2)C(=O)N2CCN(C3CCNCC3)CC2)cc2[nH]c(=O)[nH]c12. The van der Waals surface area contributed by atoms with Crippen LogP contribution in [0.25, 0.3) is 11.0 Å². The molecule has 2 aromatic carbocycles. The molecule has 0 aliphatic carbocycles. The van der Waals surface area contributed by atoms with Crippen molar-refractivity contribution in [1.29, 1.82) is 0 Å². The summed E-state index contributed by atoms with van der Waals surface area (Å²) in [6.07, 6.45) is 2.95. The van der Waals surface area contributed by atoms with Crippen molar-refractivity contribution < 1.29 is 19.1 Å². The molecule has 5 heterocycles. The molecule has 13 heteroatoms. The predicted molar refractivity (Wildman–Crippen MR) is 182 cm³/mol. The predicted octanol–water partition coefficient (Wildman–Crippen LogP) is 2.66. The molecule has 256 valence electrons. The third-order valence-corrected chi connectivity index (χ3v) is 10.6. The summed E-state index contributed by atoms with van der Waals surface area (Å²) >= 11 is 0. The molecule has 1 atom stereocenters. The highest BCUT2D eigenvalue weighted by Gasteiger charge is 2.36. The van der Waals surface area contributed by atoms with Crippen molar-refractivity contribution in [1.82, 2.24) is 34.9 Å². The summed E-state index contributed by atoms with van der Waals surface area (Å²) in [5, 5.41) is 6.47. The van der Waals surface area contributed by atoms with Crippen molar-refractivity contribution in [3.8, 4) is 0 Å². The molecule has 4 N–H and O–H groups in total. The summed E-state index contributed by atoms with van der Waals surface area (Å²) in [7, 11) is 0. The zero-order valence-electron chi connectivity index (χ0n) is 27.6. The number of imidazole rings is 1. The van der Waals surface area contributed by atoms with Gasteiger partial charge in [-0.25, -0.2) is 14.4 Å². The lowest BCUT2D eigenvalue weighted by molar-refractivity contribution is -0.143. The first-order chi connectivity index (χ1) is 23.3. The van der Waals surface area contributed by atoms with E-state index in [0.29, 0.717) is 57.1 Å². The first kappa shape index (κ1) is 32.2. The van der Waals surface area contributed by atoms with Gasteiger partial charge in [0.2, 0.25) is 0 Å². The fourth-order valence-electron chi connectivity index (χ4n) is 7.88. The average Bonchev–Trinajstić information content (AvgIpc) is 3.40. The van der Waals surface area contributed by atoms with Gasteiger partial charge in [-0.05, 0) is 80.9 Å². The van der Waals surface area contributed by atoms with E-state index in [9.17, 15) is 19.2 Å². The first-order valence-electron chi connectivity index (χ1n) is 17.4. The van der Waals surface area contributed by atoms with Crippen LogP contribution in [0.2, 0.25) is 0 Å². The maximum absolute atomic E-state index is 14.1. The van der Waals surface area contributed by atoms with Gasteiger partial charge < -0.3 is 40.0 Å². The van der Waals surface area contributed by atoms with E-state index in [1.807, 2.05) is 53.1 Å². The highest BCUT2D eigenvalue weighted by molar-refractivity contribution is 5.91. The van der Waals surface area contributed by atoms with Gasteiger partial charge in [-0.1, -0.05) is 24.3 Å². The van der Waals surface area contributed by atoms with Gasteiger partial charge in [-0.3, -0.25) is 9.69 Å². The smallest absolute Gasteiger partial charge is 0.410 e. The van der Waals surface area contributed by atoms with Crippen molar-refractivity contribution in [2.24, 2.45) is 0 Å². The number of carbonyl (C=O) groups is 3. The molecule has 0 spiro atoms. The maximum Gasteiger partial charge on any atom is 0.410 e. The monoisotopic (exact) mass is 658 g/mol. The largest absolute Gasteiger partial charge is 0.436 e. The second kappa shape index (κ2) is 14.0. The Morgan fingerprint density at radius 2 is 1.62 bits per heavy atom. The number of H-pyrrole nitrogens is 2. The van der Waals surface area contributed by atoms with Crippen molar-refractivity contribution in [3.63, 3.8) is 0 Å². The number of piperazine rings is 1. The van der Waals surface area contributed by atoms with Gasteiger partial charge in [0.05, 0.1) is 11.0 Å². The van der Waals surface area contributed by atoms with Crippen molar-refractivity contribution >= 4 is 34.8 Å². The quantitative estimate of drug-likeness (QED) is 0.319. The standard InChI is InChI=1S/C35H46N8O5/c1-23-20-24(21-29-31(23)39-33(45)37-29)22-30(32(44)41-18-16-40(17-19-41)26-6-11-36-12-7-26)48-35(47)42-13-9-27(10-14-42)43-15-8-25-4-2-3-5-28(25)38-34(43)46/h2-5,20-21,26-27,30,36H,6-19,22H2,1H3,(H,38,46)(H2,37,39,45)/t30-/m1/s1. The minimum atomic E-state index is -1.00. The van der Waals surface area contributed by atoms with E-state index in [1.54, 1.807) is 4.90 Å². The second-order valence-corrected chi connectivity index (χ2v) is 13.6. The van der Waals surface area contributed by atoms with Gasteiger partial charge in [0.15, 0.2) is 6.10 Å². The molecule has 48 heavy (non-hydrogen) atoms. The summed E-state index contributed by atoms with van der Waals surface area (Å²) in [5.74, 6) is -0.190. The van der Waals surface area contributed by atoms with Gasteiger partial charge in [0.25, 0.3) is 5.91 Å². The molecule has 13 nitrogen and oxygen atoms in total. The lowest BCUT2D eigenvalue weighted by atomic mass is 10.0. The number of ether oxygens (including phenoxy) is 1. The molecule has 3 aromatic rings. The Bertz CT molecular complexity index is 1700. The van der Waals surface area contributed by atoms with E-state index in [0.717, 1.165) is 73.3 Å². The summed E-state index contributed by atoms with van der Waals surface area (Å²) in [4.78, 5) is 66.3. The second-order valence-electron chi connectivity index (χ2n) is 13.6. The number of aromatic nitrogens is 2. The Kier molecular flexibility index (Phi) is 9.40. The van der Waals surface area contributed by atoms with Crippen LogP contribution in [0.1, 0.15) is 42.4 Å². The molecule has 1 aromatic heterocycles. The minimum Gasteiger partial charge on any atom is -0.436 e. The van der Waals surface area contributed by atoms with Crippen LogP contribution in [-0.2, 0) is 22.4 Å². The molecule has 4 amide bonds. The summed E-state index contributed by atoms with van der Waals surface area (Å²) in [6, 6.07) is 12.1. The van der Waals surface area contributed by atoms with Gasteiger partial charge >= 0.3 is 17.8 Å². The van der Waals surface area contributed by atoms with Gasteiger partial charge in [0, 0.05) is 70.0 Å². The number of fused-ring (bicyclic) bond motifs is 2. The molecular formula is C35H46N8O5. The van der Waals surface area contributed by atoms with E-state index in [4.69, 9.17) is 4.74 Å². The Morgan fingerprint density at radius 3 is 2.40 bits per heavy atom. The average molecular weight is 659 g/mol. The van der Waals surface area contributed by atoms with Crippen LogP contribution in [0.3, 0.4) is 0 Å².